The van der Waals surface area contributed by atoms with Crippen molar-refractivity contribution in [2.75, 3.05) is 7.11 Å². The SMILES string of the molecule is C=CCc1cc(/C=C(/C#N)C(=O)NCc2ccc(OC)cc2)ccc1OCc1ccccc1Cl. The number of carbonyl (C=O) groups excluding carboxylic acids is 1. The van der Waals surface area contributed by atoms with E-state index in [1.54, 1.807) is 19.3 Å². The highest BCUT2D eigenvalue weighted by Crippen LogP contribution is 2.25. The fraction of sp³-hybridized carbons (Fsp3) is 0.143. The van der Waals surface area contributed by atoms with Crippen LogP contribution in [0.3, 0.4) is 0 Å². The van der Waals surface area contributed by atoms with E-state index in [2.05, 4.69) is 11.9 Å². The van der Waals surface area contributed by atoms with E-state index in [1.807, 2.05) is 72.8 Å². The summed E-state index contributed by atoms with van der Waals surface area (Å²) >= 11 is 6.22. The quantitative estimate of drug-likeness (QED) is 0.227. The number of nitrogens with one attached hydrogen (secondary N) is 1. The van der Waals surface area contributed by atoms with Crippen molar-refractivity contribution in [3.63, 3.8) is 0 Å². The Balaban J connectivity index is 1.72. The summed E-state index contributed by atoms with van der Waals surface area (Å²) in [7, 11) is 1.60. The van der Waals surface area contributed by atoms with Crippen LogP contribution in [0, 0.1) is 11.3 Å². The van der Waals surface area contributed by atoms with Gasteiger partial charge in [-0.3, -0.25) is 4.79 Å². The number of rotatable bonds is 10. The Kier molecular flexibility index (Phi) is 8.90. The molecule has 3 aromatic rings. The Labute approximate surface area is 204 Å². The fourth-order valence-corrected chi connectivity index (χ4v) is 3.44. The van der Waals surface area contributed by atoms with Gasteiger partial charge in [-0.1, -0.05) is 54.1 Å². The van der Waals surface area contributed by atoms with E-state index in [0.717, 1.165) is 28.0 Å². The molecule has 0 heterocycles. The van der Waals surface area contributed by atoms with Gasteiger partial charge in [-0.25, -0.2) is 0 Å². The van der Waals surface area contributed by atoms with Crippen LogP contribution in [0.25, 0.3) is 6.08 Å². The van der Waals surface area contributed by atoms with Crippen LogP contribution < -0.4 is 14.8 Å². The van der Waals surface area contributed by atoms with Crippen LogP contribution in [0.15, 0.2) is 85.0 Å². The summed E-state index contributed by atoms with van der Waals surface area (Å²) in [6.07, 6.45) is 3.91. The molecule has 0 atom stereocenters. The molecule has 6 heteroatoms. The van der Waals surface area contributed by atoms with Crippen molar-refractivity contribution in [2.24, 2.45) is 0 Å². The minimum Gasteiger partial charge on any atom is -0.497 e. The molecule has 3 rings (SSSR count). The van der Waals surface area contributed by atoms with Gasteiger partial charge in [0.15, 0.2) is 0 Å². The summed E-state index contributed by atoms with van der Waals surface area (Å²) in [5, 5.41) is 13.0. The number of nitriles is 1. The topological polar surface area (TPSA) is 71.4 Å². The van der Waals surface area contributed by atoms with Crippen molar-refractivity contribution in [1.82, 2.24) is 5.32 Å². The summed E-state index contributed by atoms with van der Waals surface area (Å²) in [4.78, 5) is 12.6. The number of methoxy groups -OCH3 is 1. The first-order valence-corrected chi connectivity index (χ1v) is 11.0. The Morgan fingerprint density at radius 3 is 2.56 bits per heavy atom. The van der Waals surface area contributed by atoms with Crippen molar-refractivity contribution < 1.29 is 14.3 Å². The van der Waals surface area contributed by atoms with Gasteiger partial charge < -0.3 is 14.8 Å². The minimum atomic E-state index is -0.442. The summed E-state index contributed by atoms with van der Waals surface area (Å²) in [6.45, 7) is 4.45. The molecule has 3 aromatic carbocycles. The minimum absolute atomic E-state index is 0.0165. The average molecular weight is 473 g/mol. The lowest BCUT2D eigenvalue weighted by atomic mass is 10.0. The summed E-state index contributed by atoms with van der Waals surface area (Å²) in [5.74, 6) is 0.990. The zero-order valence-corrected chi connectivity index (χ0v) is 19.6. The van der Waals surface area contributed by atoms with Crippen LogP contribution in [0.1, 0.15) is 22.3 Å². The number of amides is 1. The molecule has 0 aliphatic carbocycles. The second-order valence-corrected chi connectivity index (χ2v) is 7.85. The fourth-order valence-electron chi connectivity index (χ4n) is 3.25. The van der Waals surface area contributed by atoms with Crippen LogP contribution in [0.5, 0.6) is 11.5 Å². The second-order valence-electron chi connectivity index (χ2n) is 7.44. The highest BCUT2D eigenvalue weighted by atomic mass is 35.5. The molecule has 0 aliphatic rings. The third kappa shape index (κ3) is 6.74. The number of benzene rings is 3. The number of carbonyl (C=O) groups is 1. The van der Waals surface area contributed by atoms with Crippen molar-refractivity contribution in [3.05, 3.63) is 112 Å². The molecule has 0 spiro atoms. The molecule has 34 heavy (non-hydrogen) atoms. The number of allylic oxidation sites excluding steroid dienone is 1. The first kappa shape index (κ1) is 24.6. The van der Waals surface area contributed by atoms with Crippen LogP contribution >= 0.6 is 11.6 Å². The van der Waals surface area contributed by atoms with Gasteiger partial charge in [0.05, 0.1) is 7.11 Å². The second kappa shape index (κ2) is 12.3. The van der Waals surface area contributed by atoms with E-state index in [-0.39, 0.29) is 5.57 Å². The Bertz CT molecular complexity index is 1230. The number of hydrogen-bond donors (Lipinski definition) is 1. The molecule has 0 radical (unpaired) electrons. The Morgan fingerprint density at radius 1 is 1.12 bits per heavy atom. The molecule has 0 fully saturated rings. The van der Waals surface area contributed by atoms with Crippen LogP contribution in [-0.2, 0) is 24.4 Å². The van der Waals surface area contributed by atoms with E-state index in [1.165, 1.54) is 0 Å². The maximum Gasteiger partial charge on any atom is 0.262 e. The summed E-state index contributed by atoms with van der Waals surface area (Å²) < 4.78 is 11.1. The van der Waals surface area contributed by atoms with Crippen LogP contribution in [0.2, 0.25) is 5.02 Å². The predicted octanol–water partition coefficient (Wildman–Crippen LogP) is 5.88. The normalized spacial score (nSPS) is 10.8. The Hall–Kier alpha value is -4.01. The maximum atomic E-state index is 12.6. The lowest BCUT2D eigenvalue weighted by Crippen LogP contribution is -2.23. The molecule has 0 aliphatic heterocycles. The molecule has 0 unspecified atom stereocenters. The predicted molar refractivity (Wildman–Crippen MR) is 135 cm³/mol. The smallest absolute Gasteiger partial charge is 0.262 e. The molecular weight excluding hydrogens is 448 g/mol. The van der Waals surface area contributed by atoms with Gasteiger partial charge in [0, 0.05) is 17.1 Å². The van der Waals surface area contributed by atoms with Gasteiger partial charge in [0.25, 0.3) is 5.91 Å². The molecule has 5 nitrogen and oxygen atoms in total. The van der Waals surface area contributed by atoms with E-state index in [4.69, 9.17) is 21.1 Å². The van der Waals surface area contributed by atoms with Crippen molar-refractivity contribution in [3.8, 4) is 17.6 Å². The lowest BCUT2D eigenvalue weighted by Gasteiger charge is -2.12. The zero-order chi connectivity index (χ0) is 24.3. The van der Waals surface area contributed by atoms with E-state index >= 15 is 0 Å². The highest BCUT2D eigenvalue weighted by Gasteiger charge is 2.11. The van der Waals surface area contributed by atoms with Crippen molar-refractivity contribution in [2.45, 2.75) is 19.6 Å². The number of ether oxygens (including phenoxy) is 2. The van der Waals surface area contributed by atoms with E-state index in [0.29, 0.717) is 30.3 Å². The number of nitrogens with zero attached hydrogens (tertiary/aromatic N) is 1. The first-order valence-electron chi connectivity index (χ1n) is 10.7. The third-order valence-corrected chi connectivity index (χ3v) is 5.45. The van der Waals surface area contributed by atoms with Gasteiger partial charge >= 0.3 is 0 Å². The van der Waals surface area contributed by atoms with Crippen LogP contribution in [-0.4, -0.2) is 13.0 Å². The van der Waals surface area contributed by atoms with Crippen molar-refractivity contribution in [1.29, 1.82) is 5.26 Å². The standard InChI is InChI=1S/C28H25ClN2O3/c1-3-6-22-15-21(11-14-27(22)34-19-23-7-4-5-8-26(23)29)16-24(17-30)28(32)31-18-20-9-12-25(33-2)13-10-20/h3-5,7-16H,1,6,18-19H2,2H3,(H,31,32)/b24-16-. The molecular formula is C28H25ClN2O3. The number of halogens is 1. The highest BCUT2D eigenvalue weighted by molar-refractivity contribution is 6.31. The van der Waals surface area contributed by atoms with Gasteiger partial charge in [-0.2, -0.15) is 5.26 Å². The lowest BCUT2D eigenvalue weighted by molar-refractivity contribution is -0.117. The van der Waals surface area contributed by atoms with E-state index in [9.17, 15) is 10.1 Å². The third-order valence-electron chi connectivity index (χ3n) is 5.08. The summed E-state index contributed by atoms with van der Waals surface area (Å²) in [6, 6.07) is 22.4. The monoisotopic (exact) mass is 472 g/mol. The molecule has 0 saturated carbocycles. The molecule has 1 amide bonds. The Morgan fingerprint density at radius 2 is 1.88 bits per heavy atom. The van der Waals surface area contributed by atoms with Gasteiger partial charge in [-0.15, -0.1) is 6.58 Å². The van der Waals surface area contributed by atoms with E-state index < -0.39 is 5.91 Å². The van der Waals surface area contributed by atoms with Gasteiger partial charge in [0.2, 0.25) is 0 Å². The largest absolute Gasteiger partial charge is 0.497 e. The molecule has 0 saturated heterocycles. The molecule has 172 valence electrons. The maximum absolute atomic E-state index is 12.6. The summed E-state index contributed by atoms with van der Waals surface area (Å²) in [5.41, 5.74) is 3.42. The van der Waals surface area contributed by atoms with Gasteiger partial charge in [-0.05, 0) is 59.5 Å². The molecule has 0 bridgehead atoms. The zero-order valence-electron chi connectivity index (χ0n) is 18.9. The average Bonchev–Trinajstić information content (AvgIpc) is 2.86. The van der Waals surface area contributed by atoms with Crippen LogP contribution in [0.4, 0.5) is 0 Å². The van der Waals surface area contributed by atoms with Gasteiger partial charge in [0.1, 0.15) is 29.7 Å². The number of hydrogen-bond acceptors (Lipinski definition) is 4. The first-order chi connectivity index (χ1) is 16.5. The molecule has 1 N–H and O–H groups in total. The molecule has 0 aromatic heterocycles. The van der Waals surface area contributed by atoms with Crippen molar-refractivity contribution >= 4 is 23.6 Å².